The molecule has 0 aromatic carbocycles. The molecule has 0 bridgehead atoms. The molecule has 2 unspecified atom stereocenters. The molecule has 0 radical (unpaired) electrons. The number of aliphatic hydroxyl groups is 1. The first kappa shape index (κ1) is 18.5. The van der Waals surface area contributed by atoms with Crippen molar-refractivity contribution >= 4 is 5.96 Å². The average Bonchev–Trinajstić information content (AvgIpc) is 2.93. The van der Waals surface area contributed by atoms with Gasteiger partial charge >= 0.3 is 6.18 Å². The Morgan fingerprint density at radius 1 is 1.42 bits per heavy atom. The normalized spacial score (nSPS) is 20.0. The van der Waals surface area contributed by atoms with Crippen molar-refractivity contribution in [1.82, 2.24) is 25.4 Å². The van der Waals surface area contributed by atoms with Gasteiger partial charge in [0.1, 0.15) is 11.6 Å². The number of halogens is 3. The van der Waals surface area contributed by atoms with E-state index in [4.69, 9.17) is 5.11 Å². The lowest BCUT2D eigenvalue weighted by molar-refractivity contribution is -0.201. The number of fused-ring (bicyclic) bond motifs is 1. The molecule has 0 spiro atoms. The number of guanidine groups is 1. The third-order valence-electron chi connectivity index (χ3n) is 3.90. The number of aromatic nitrogens is 3. The molecule has 0 amide bonds. The number of aliphatic imine (C=N–C) groups is 1. The lowest BCUT2D eigenvalue weighted by Crippen LogP contribution is -2.50. The predicted molar refractivity (Wildman–Crippen MR) is 82.8 cm³/mol. The van der Waals surface area contributed by atoms with Gasteiger partial charge in [-0.2, -0.15) is 13.2 Å². The molecule has 2 atom stereocenters. The van der Waals surface area contributed by atoms with Crippen LogP contribution in [0.2, 0.25) is 0 Å². The molecule has 7 nitrogen and oxygen atoms in total. The maximum absolute atomic E-state index is 12.3. The van der Waals surface area contributed by atoms with Crippen LogP contribution in [0.25, 0.3) is 0 Å². The first-order chi connectivity index (χ1) is 11.2. The van der Waals surface area contributed by atoms with E-state index in [1.807, 2.05) is 18.4 Å². The summed E-state index contributed by atoms with van der Waals surface area (Å²) in [6, 6.07) is 0.000213. The molecule has 0 aliphatic carbocycles. The van der Waals surface area contributed by atoms with Crippen LogP contribution in [0.15, 0.2) is 4.99 Å². The summed E-state index contributed by atoms with van der Waals surface area (Å²) in [5, 5.41) is 23.0. The molecule has 136 valence electrons. The van der Waals surface area contributed by atoms with Gasteiger partial charge in [-0.25, -0.2) is 0 Å². The van der Waals surface area contributed by atoms with Crippen molar-refractivity contribution in [2.45, 2.75) is 57.5 Å². The summed E-state index contributed by atoms with van der Waals surface area (Å²) in [6.45, 7) is 4.05. The Balaban J connectivity index is 1.94. The van der Waals surface area contributed by atoms with Gasteiger partial charge in [-0.05, 0) is 6.42 Å². The van der Waals surface area contributed by atoms with Gasteiger partial charge in [0.05, 0.1) is 6.54 Å². The molecule has 1 aromatic rings. The molecule has 0 saturated carbocycles. The zero-order valence-corrected chi connectivity index (χ0v) is 13.9. The quantitative estimate of drug-likeness (QED) is 0.554. The number of nitrogens with one attached hydrogen (secondary N) is 2. The van der Waals surface area contributed by atoms with Crippen LogP contribution in [0.5, 0.6) is 0 Å². The summed E-state index contributed by atoms with van der Waals surface area (Å²) < 4.78 is 39.1. The number of hydrogen-bond donors (Lipinski definition) is 3. The zero-order valence-electron chi connectivity index (χ0n) is 13.9. The molecular weight excluding hydrogens is 325 g/mol. The standard InChI is InChI=1S/C14H23F3N6O/c1-8(2)12-22-21-11-5-4-9(7-23(11)12)20-13(18-3)19-6-10(24)14(15,16)17/h8-10,24H,4-7H2,1-3H3,(H2,18,19,20). The van der Waals surface area contributed by atoms with Crippen molar-refractivity contribution in [2.24, 2.45) is 4.99 Å². The Morgan fingerprint density at radius 3 is 2.71 bits per heavy atom. The van der Waals surface area contributed by atoms with Gasteiger partial charge in [-0.1, -0.05) is 13.8 Å². The molecular formula is C14H23F3N6O. The Labute approximate surface area is 138 Å². The molecule has 2 heterocycles. The predicted octanol–water partition coefficient (Wildman–Crippen LogP) is 0.804. The van der Waals surface area contributed by atoms with E-state index in [0.29, 0.717) is 6.54 Å². The highest BCUT2D eigenvalue weighted by Gasteiger charge is 2.38. The summed E-state index contributed by atoms with van der Waals surface area (Å²) in [5.74, 6) is 2.29. The molecule has 1 aliphatic rings. The number of nitrogens with zero attached hydrogens (tertiary/aromatic N) is 4. The zero-order chi connectivity index (χ0) is 17.9. The minimum atomic E-state index is -4.65. The van der Waals surface area contributed by atoms with Crippen molar-refractivity contribution in [1.29, 1.82) is 0 Å². The van der Waals surface area contributed by atoms with E-state index < -0.39 is 18.8 Å². The van der Waals surface area contributed by atoms with Crippen LogP contribution in [0.4, 0.5) is 13.2 Å². The number of alkyl halides is 3. The highest BCUT2D eigenvalue weighted by atomic mass is 19.4. The van der Waals surface area contributed by atoms with Crippen LogP contribution < -0.4 is 10.6 Å². The van der Waals surface area contributed by atoms with Crippen LogP contribution in [0, 0.1) is 0 Å². The summed E-state index contributed by atoms with van der Waals surface area (Å²) in [4.78, 5) is 3.91. The maximum Gasteiger partial charge on any atom is 0.416 e. The molecule has 1 aliphatic heterocycles. The van der Waals surface area contributed by atoms with Crippen LogP contribution in [-0.2, 0) is 13.0 Å². The fourth-order valence-electron chi connectivity index (χ4n) is 2.59. The van der Waals surface area contributed by atoms with Crippen LogP contribution >= 0.6 is 0 Å². The minimum Gasteiger partial charge on any atom is -0.382 e. The van der Waals surface area contributed by atoms with E-state index in [1.165, 1.54) is 7.05 Å². The van der Waals surface area contributed by atoms with Gasteiger partial charge in [-0.3, -0.25) is 4.99 Å². The van der Waals surface area contributed by atoms with Gasteiger partial charge in [0.2, 0.25) is 0 Å². The number of rotatable bonds is 4. The summed E-state index contributed by atoms with van der Waals surface area (Å²) in [7, 11) is 1.47. The van der Waals surface area contributed by atoms with Crippen molar-refractivity contribution in [3.8, 4) is 0 Å². The second-order valence-corrected chi connectivity index (χ2v) is 6.13. The fraction of sp³-hybridized carbons (Fsp3) is 0.786. The molecule has 0 saturated heterocycles. The second kappa shape index (κ2) is 7.37. The topological polar surface area (TPSA) is 87.4 Å². The maximum atomic E-state index is 12.3. The summed E-state index contributed by atoms with van der Waals surface area (Å²) >= 11 is 0. The lowest BCUT2D eigenvalue weighted by atomic mass is 10.1. The molecule has 1 aromatic heterocycles. The molecule has 3 N–H and O–H groups in total. The molecule has 0 fully saturated rings. The van der Waals surface area contributed by atoms with E-state index in [2.05, 4.69) is 25.8 Å². The second-order valence-electron chi connectivity index (χ2n) is 6.13. The summed E-state index contributed by atoms with van der Waals surface area (Å²) in [6.07, 6.45) is -5.57. The van der Waals surface area contributed by atoms with E-state index in [-0.39, 0.29) is 17.9 Å². The highest BCUT2D eigenvalue weighted by Crippen LogP contribution is 2.20. The van der Waals surface area contributed by atoms with Crippen molar-refractivity contribution in [2.75, 3.05) is 13.6 Å². The van der Waals surface area contributed by atoms with Gasteiger partial charge in [0.15, 0.2) is 12.1 Å². The SMILES string of the molecule is CN=C(NCC(O)C(F)(F)F)NC1CCc2nnc(C(C)C)n2C1. The van der Waals surface area contributed by atoms with Gasteiger partial charge in [-0.15, -0.1) is 10.2 Å². The highest BCUT2D eigenvalue weighted by molar-refractivity contribution is 5.80. The summed E-state index contributed by atoms with van der Waals surface area (Å²) in [5.41, 5.74) is 0. The Morgan fingerprint density at radius 2 is 2.12 bits per heavy atom. The molecule has 10 heteroatoms. The van der Waals surface area contributed by atoms with E-state index in [1.54, 1.807) is 0 Å². The first-order valence-electron chi connectivity index (χ1n) is 7.86. The van der Waals surface area contributed by atoms with E-state index in [9.17, 15) is 13.2 Å². The Hall–Kier alpha value is -1.84. The Kier molecular flexibility index (Phi) is 5.68. The lowest BCUT2D eigenvalue weighted by Gasteiger charge is -2.27. The first-order valence-corrected chi connectivity index (χ1v) is 7.86. The van der Waals surface area contributed by atoms with E-state index in [0.717, 1.165) is 24.5 Å². The van der Waals surface area contributed by atoms with Crippen LogP contribution in [0.1, 0.15) is 37.8 Å². The fourth-order valence-corrected chi connectivity index (χ4v) is 2.59. The Bertz CT molecular complexity index is 584. The number of hydrogen-bond acceptors (Lipinski definition) is 4. The number of aryl methyl sites for hydroxylation is 1. The minimum absolute atomic E-state index is 0.000213. The van der Waals surface area contributed by atoms with Gasteiger partial charge < -0.3 is 20.3 Å². The van der Waals surface area contributed by atoms with E-state index >= 15 is 0 Å². The molecule has 24 heavy (non-hydrogen) atoms. The monoisotopic (exact) mass is 348 g/mol. The third-order valence-corrected chi connectivity index (χ3v) is 3.90. The molecule has 2 rings (SSSR count). The van der Waals surface area contributed by atoms with Crippen molar-refractivity contribution < 1.29 is 18.3 Å². The van der Waals surface area contributed by atoms with Crippen molar-refractivity contribution in [3.05, 3.63) is 11.6 Å². The average molecular weight is 348 g/mol. The third kappa shape index (κ3) is 4.37. The largest absolute Gasteiger partial charge is 0.416 e. The smallest absolute Gasteiger partial charge is 0.382 e. The van der Waals surface area contributed by atoms with Crippen LogP contribution in [-0.4, -0.2) is 57.7 Å². The van der Waals surface area contributed by atoms with Gasteiger partial charge in [0, 0.05) is 32.0 Å². The number of aliphatic hydroxyl groups excluding tert-OH is 1. The van der Waals surface area contributed by atoms with Crippen LogP contribution in [0.3, 0.4) is 0 Å². The van der Waals surface area contributed by atoms with Gasteiger partial charge in [0.25, 0.3) is 0 Å². The van der Waals surface area contributed by atoms with Crippen molar-refractivity contribution in [3.63, 3.8) is 0 Å².